The van der Waals surface area contributed by atoms with Gasteiger partial charge in [0.1, 0.15) is 11.6 Å². The normalized spacial score (nSPS) is 12.1. The lowest BCUT2D eigenvalue weighted by molar-refractivity contribution is 0.565. The molecule has 0 radical (unpaired) electrons. The van der Waals surface area contributed by atoms with Crippen LogP contribution in [0.4, 0.5) is 14.7 Å². The van der Waals surface area contributed by atoms with Crippen LogP contribution in [0, 0.1) is 11.6 Å². The van der Waals surface area contributed by atoms with E-state index in [1.54, 1.807) is 6.92 Å². The molecule has 5 nitrogen and oxygen atoms in total. The summed E-state index contributed by atoms with van der Waals surface area (Å²) in [6.45, 7) is 1.75. The van der Waals surface area contributed by atoms with Crippen molar-refractivity contribution >= 4 is 5.95 Å². The van der Waals surface area contributed by atoms with E-state index in [2.05, 4.69) is 20.8 Å². The van der Waals surface area contributed by atoms with Crippen molar-refractivity contribution in [2.24, 2.45) is 0 Å². The van der Waals surface area contributed by atoms with Crippen LogP contribution in [-0.4, -0.2) is 20.2 Å². The molecule has 0 aliphatic carbocycles. The third-order valence-electron chi connectivity index (χ3n) is 3.24. The van der Waals surface area contributed by atoms with Gasteiger partial charge in [0.2, 0.25) is 5.95 Å². The molecule has 22 heavy (non-hydrogen) atoms. The smallest absolute Gasteiger partial charge is 0.248 e. The maximum absolute atomic E-state index is 13.8. The van der Waals surface area contributed by atoms with E-state index >= 15 is 0 Å². The first kappa shape index (κ1) is 14.1. The van der Waals surface area contributed by atoms with Gasteiger partial charge >= 0.3 is 0 Å². The highest BCUT2D eigenvalue weighted by molar-refractivity contribution is 5.40. The van der Waals surface area contributed by atoms with Gasteiger partial charge in [0.25, 0.3) is 0 Å². The van der Waals surface area contributed by atoms with E-state index in [4.69, 9.17) is 0 Å². The number of halogens is 2. The van der Waals surface area contributed by atoms with Crippen molar-refractivity contribution in [3.8, 4) is 5.69 Å². The van der Waals surface area contributed by atoms with Crippen LogP contribution in [0.2, 0.25) is 0 Å². The molecule has 1 heterocycles. The number of benzene rings is 2. The Hall–Kier alpha value is -2.83. The summed E-state index contributed by atoms with van der Waals surface area (Å²) in [5, 5.41) is 14.5. The SMILES string of the molecule is C[C@@H](Nc1nnnn1-c1ccccc1)c1ccc(F)cc1F. The quantitative estimate of drug-likeness (QED) is 0.804. The molecule has 1 aromatic heterocycles. The van der Waals surface area contributed by atoms with Crippen LogP contribution in [0.5, 0.6) is 0 Å². The molecule has 0 saturated carbocycles. The molecule has 7 heteroatoms. The number of rotatable bonds is 4. The molecule has 2 aromatic carbocycles. The Morgan fingerprint density at radius 3 is 2.59 bits per heavy atom. The zero-order valence-electron chi connectivity index (χ0n) is 11.7. The molecule has 0 aliphatic rings. The molecule has 0 amide bonds. The lowest BCUT2D eigenvalue weighted by Crippen LogP contribution is -2.13. The zero-order valence-corrected chi connectivity index (χ0v) is 11.7. The third-order valence-corrected chi connectivity index (χ3v) is 3.24. The summed E-state index contributed by atoms with van der Waals surface area (Å²) < 4.78 is 28.3. The van der Waals surface area contributed by atoms with Crippen molar-refractivity contribution < 1.29 is 8.78 Å². The number of hydrogen-bond acceptors (Lipinski definition) is 4. The maximum Gasteiger partial charge on any atom is 0.248 e. The average Bonchev–Trinajstić information content (AvgIpc) is 2.96. The minimum Gasteiger partial charge on any atom is -0.346 e. The maximum atomic E-state index is 13.8. The van der Waals surface area contributed by atoms with Crippen LogP contribution in [-0.2, 0) is 0 Å². The molecule has 112 valence electrons. The van der Waals surface area contributed by atoms with Gasteiger partial charge in [-0.15, -0.1) is 0 Å². The molecule has 3 rings (SSSR count). The van der Waals surface area contributed by atoms with Crippen LogP contribution >= 0.6 is 0 Å². The zero-order chi connectivity index (χ0) is 15.5. The van der Waals surface area contributed by atoms with E-state index in [9.17, 15) is 8.78 Å². The van der Waals surface area contributed by atoms with Crippen molar-refractivity contribution in [3.63, 3.8) is 0 Å². The highest BCUT2D eigenvalue weighted by atomic mass is 19.1. The topological polar surface area (TPSA) is 55.6 Å². The summed E-state index contributed by atoms with van der Waals surface area (Å²) in [5.74, 6) is -0.844. The fourth-order valence-corrected chi connectivity index (χ4v) is 2.14. The molecule has 3 aromatic rings. The largest absolute Gasteiger partial charge is 0.346 e. The molecule has 0 unspecified atom stereocenters. The van der Waals surface area contributed by atoms with Gasteiger partial charge in [-0.2, -0.15) is 4.68 Å². The Kier molecular flexibility index (Phi) is 3.78. The Labute approximate surface area is 125 Å². The van der Waals surface area contributed by atoms with E-state index < -0.39 is 17.7 Å². The molecule has 0 bridgehead atoms. The fourth-order valence-electron chi connectivity index (χ4n) is 2.14. The number of aromatic nitrogens is 4. The van der Waals surface area contributed by atoms with Gasteiger partial charge in [0.15, 0.2) is 0 Å². The Morgan fingerprint density at radius 2 is 1.86 bits per heavy atom. The van der Waals surface area contributed by atoms with Crippen LogP contribution < -0.4 is 5.32 Å². The summed E-state index contributed by atoms with van der Waals surface area (Å²) in [5.41, 5.74) is 1.12. The molecular weight excluding hydrogens is 288 g/mol. The predicted octanol–water partition coefficient (Wildman–Crippen LogP) is 3.11. The first-order valence-electron chi connectivity index (χ1n) is 6.70. The van der Waals surface area contributed by atoms with Crippen LogP contribution in [0.15, 0.2) is 48.5 Å². The number of tetrazole rings is 1. The summed E-state index contributed by atoms with van der Waals surface area (Å²) >= 11 is 0. The first-order valence-corrected chi connectivity index (χ1v) is 6.70. The van der Waals surface area contributed by atoms with Crippen molar-refractivity contribution in [3.05, 3.63) is 65.7 Å². The Bertz CT molecular complexity index is 773. The van der Waals surface area contributed by atoms with Gasteiger partial charge in [-0.25, -0.2) is 8.78 Å². The van der Waals surface area contributed by atoms with Gasteiger partial charge in [0, 0.05) is 11.6 Å². The van der Waals surface area contributed by atoms with Gasteiger partial charge in [0.05, 0.1) is 11.7 Å². The number of anilines is 1. The van der Waals surface area contributed by atoms with Gasteiger partial charge < -0.3 is 5.32 Å². The van der Waals surface area contributed by atoms with E-state index in [0.717, 1.165) is 11.8 Å². The number of nitrogens with one attached hydrogen (secondary N) is 1. The summed E-state index contributed by atoms with van der Waals surface area (Å²) in [4.78, 5) is 0. The monoisotopic (exact) mass is 301 g/mol. The summed E-state index contributed by atoms with van der Waals surface area (Å²) in [6, 6.07) is 12.4. The van der Waals surface area contributed by atoms with Crippen LogP contribution in [0.1, 0.15) is 18.5 Å². The van der Waals surface area contributed by atoms with Gasteiger partial charge in [-0.1, -0.05) is 29.4 Å². The molecule has 0 spiro atoms. The third kappa shape index (κ3) is 2.78. The van der Waals surface area contributed by atoms with Gasteiger partial charge in [-0.05, 0) is 35.5 Å². The van der Waals surface area contributed by atoms with E-state index in [-0.39, 0.29) is 0 Å². The molecule has 1 N–H and O–H groups in total. The lowest BCUT2D eigenvalue weighted by Gasteiger charge is -2.15. The van der Waals surface area contributed by atoms with E-state index in [1.807, 2.05) is 30.3 Å². The minimum atomic E-state index is -0.612. The summed E-state index contributed by atoms with van der Waals surface area (Å²) in [6.07, 6.45) is 0. The van der Waals surface area contributed by atoms with E-state index in [0.29, 0.717) is 11.5 Å². The number of hydrogen-bond donors (Lipinski definition) is 1. The second-order valence-corrected chi connectivity index (χ2v) is 4.78. The lowest BCUT2D eigenvalue weighted by atomic mass is 10.1. The molecular formula is C15H13F2N5. The molecule has 0 saturated heterocycles. The van der Waals surface area contributed by atoms with Crippen molar-refractivity contribution in [2.75, 3.05) is 5.32 Å². The Morgan fingerprint density at radius 1 is 1.09 bits per heavy atom. The van der Waals surface area contributed by atoms with Crippen LogP contribution in [0.25, 0.3) is 5.69 Å². The van der Waals surface area contributed by atoms with Gasteiger partial charge in [-0.3, -0.25) is 0 Å². The Balaban J connectivity index is 1.86. The number of nitrogens with zero attached hydrogens (tertiary/aromatic N) is 4. The standard InChI is InChI=1S/C15H13F2N5/c1-10(13-8-7-11(16)9-14(13)17)18-15-19-20-21-22(15)12-5-3-2-4-6-12/h2-10H,1H3,(H,18,19,21)/t10-/m1/s1. The highest BCUT2D eigenvalue weighted by Gasteiger charge is 2.15. The molecule has 1 atom stereocenters. The highest BCUT2D eigenvalue weighted by Crippen LogP contribution is 2.22. The van der Waals surface area contributed by atoms with Crippen molar-refractivity contribution in [1.29, 1.82) is 0 Å². The second-order valence-electron chi connectivity index (χ2n) is 4.78. The predicted molar refractivity (Wildman–Crippen MR) is 77.5 cm³/mol. The average molecular weight is 301 g/mol. The van der Waals surface area contributed by atoms with Crippen LogP contribution in [0.3, 0.4) is 0 Å². The first-order chi connectivity index (χ1) is 10.6. The second kappa shape index (κ2) is 5.88. The minimum absolute atomic E-state index is 0.337. The van der Waals surface area contributed by atoms with E-state index in [1.165, 1.54) is 16.8 Å². The fraction of sp³-hybridized carbons (Fsp3) is 0.133. The van der Waals surface area contributed by atoms with Crippen molar-refractivity contribution in [2.45, 2.75) is 13.0 Å². The number of para-hydroxylation sites is 1. The molecule has 0 aliphatic heterocycles. The van der Waals surface area contributed by atoms with Crippen molar-refractivity contribution in [1.82, 2.24) is 20.2 Å². The summed E-state index contributed by atoms with van der Waals surface area (Å²) in [7, 11) is 0. The molecule has 0 fully saturated rings.